The summed E-state index contributed by atoms with van der Waals surface area (Å²) in [7, 11) is -1.91. The van der Waals surface area contributed by atoms with E-state index in [4.69, 9.17) is 0 Å². The summed E-state index contributed by atoms with van der Waals surface area (Å²) >= 11 is 4.98. The van der Waals surface area contributed by atoms with Gasteiger partial charge in [-0.05, 0) is 66.5 Å². The Morgan fingerprint density at radius 2 is 1.86 bits per heavy atom. The number of halogens is 1. The minimum Gasteiger partial charge on any atom is -0.207 e. The third-order valence-corrected chi connectivity index (χ3v) is 7.54. The van der Waals surface area contributed by atoms with Crippen molar-refractivity contribution in [3.8, 4) is 0 Å². The van der Waals surface area contributed by atoms with Crippen LogP contribution in [0.4, 0.5) is 0 Å². The number of benzene rings is 1. The fraction of sp³-hybridized carbons (Fsp3) is 0.333. The first-order valence-corrected chi connectivity index (χ1v) is 9.59. The van der Waals surface area contributed by atoms with Gasteiger partial charge in [0.05, 0.1) is 10.9 Å². The second-order valence-electron chi connectivity index (χ2n) is 5.08. The lowest BCUT2D eigenvalue weighted by molar-refractivity contribution is 0.402. The summed E-state index contributed by atoms with van der Waals surface area (Å²) in [6, 6.07) is 9.09. The summed E-state index contributed by atoms with van der Waals surface area (Å²) in [6.45, 7) is 5.86. The van der Waals surface area contributed by atoms with Gasteiger partial charge in [0.15, 0.2) is 0 Å². The molecule has 21 heavy (non-hydrogen) atoms. The Morgan fingerprint density at radius 1 is 1.19 bits per heavy atom. The summed E-state index contributed by atoms with van der Waals surface area (Å²) in [6.07, 6.45) is 0. The van der Waals surface area contributed by atoms with Crippen LogP contribution in [0.15, 0.2) is 39.7 Å². The molecule has 0 aliphatic rings. The molecule has 1 aromatic carbocycles. The molecule has 6 heteroatoms. The minimum atomic E-state index is -3.53. The molecule has 0 N–H and O–H groups in total. The topological polar surface area (TPSA) is 37.4 Å². The molecule has 0 bridgehead atoms. The Hall–Kier alpha value is -0.690. The highest BCUT2D eigenvalue weighted by atomic mass is 79.9. The molecular weight excluding hydrogens is 370 g/mol. The van der Waals surface area contributed by atoms with Crippen molar-refractivity contribution in [1.82, 2.24) is 4.31 Å². The van der Waals surface area contributed by atoms with Gasteiger partial charge in [0, 0.05) is 21.3 Å². The maximum atomic E-state index is 12.8. The third-order valence-electron chi connectivity index (χ3n) is 3.46. The van der Waals surface area contributed by atoms with Crippen molar-refractivity contribution < 1.29 is 8.42 Å². The lowest BCUT2D eigenvalue weighted by atomic mass is 10.2. The molecule has 1 aromatic heterocycles. The van der Waals surface area contributed by atoms with Crippen LogP contribution in [0.5, 0.6) is 0 Å². The van der Waals surface area contributed by atoms with Crippen LogP contribution in [-0.4, -0.2) is 19.8 Å². The molecule has 1 heterocycles. The van der Waals surface area contributed by atoms with Crippen LogP contribution in [0, 0.1) is 13.8 Å². The Balaban J connectivity index is 2.38. The van der Waals surface area contributed by atoms with Gasteiger partial charge >= 0.3 is 0 Å². The zero-order chi connectivity index (χ0) is 15.8. The molecule has 2 aromatic rings. The Labute approximate surface area is 138 Å². The lowest BCUT2D eigenvalue weighted by Crippen LogP contribution is -2.29. The van der Waals surface area contributed by atoms with Gasteiger partial charge in [-0.1, -0.05) is 6.07 Å². The number of aryl methyl sites for hydroxylation is 2. The first-order chi connectivity index (χ1) is 9.73. The van der Waals surface area contributed by atoms with Crippen LogP contribution >= 0.6 is 27.3 Å². The molecule has 2 rings (SSSR count). The van der Waals surface area contributed by atoms with Gasteiger partial charge < -0.3 is 0 Å². The van der Waals surface area contributed by atoms with E-state index in [1.807, 2.05) is 45.0 Å². The predicted octanol–water partition coefficient (Wildman–Crippen LogP) is 4.51. The van der Waals surface area contributed by atoms with Gasteiger partial charge in [-0.15, -0.1) is 11.3 Å². The normalized spacial score (nSPS) is 13.6. The molecular formula is C15H18BrNO2S2. The zero-order valence-electron chi connectivity index (χ0n) is 12.4. The summed E-state index contributed by atoms with van der Waals surface area (Å²) in [4.78, 5) is 2.52. The Bertz CT molecular complexity index is 753. The van der Waals surface area contributed by atoms with E-state index >= 15 is 0 Å². The molecule has 114 valence electrons. The number of sulfonamides is 1. The van der Waals surface area contributed by atoms with E-state index in [9.17, 15) is 8.42 Å². The maximum absolute atomic E-state index is 12.8. The summed E-state index contributed by atoms with van der Waals surface area (Å²) in [5.41, 5.74) is 1.02. The standard InChI is InChI=1S/C15H18BrNO2S2/c1-10-5-8-15(13(16)9-10)21(18,19)17(4)12(3)14-7-6-11(2)20-14/h5-9,12H,1-4H3. The van der Waals surface area contributed by atoms with Crippen molar-refractivity contribution in [2.45, 2.75) is 31.7 Å². The first-order valence-electron chi connectivity index (χ1n) is 6.54. The fourth-order valence-corrected chi connectivity index (χ4v) is 5.57. The van der Waals surface area contributed by atoms with Crippen LogP contribution in [0.1, 0.15) is 28.3 Å². The monoisotopic (exact) mass is 387 g/mol. The molecule has 0 aliphatic carbocycles. The molecule has 3 nitrogen and oxygen atoms in total. The van der Waals surface area contributed by atoms with E-state index in [0.717, 1.165) is 10.4 Å². The quantitative estimate of drug-likeness (QED) is 0.773. The number of hydrogen-bond acceptors (Lipinski definition) is 3. The van der Waals surface area contributed by atoms with E-state index in [1.165, 1.54) is 9.18 Å². The average molecular weight is 388 g/mol. The molecule has 0 amide bonds. The van der Waals surface area contributed by atoms with E-state index in [0.29, 0.717) is 9.37 Å². The SMILES string of the molecule is Cc1ccc(S(=O)(=O)N(C)C(C)c2ccc(C)s2)c(Br)c1. The van der Waals surface area contributed by atoms with Crippen LogP contribution in [0.2, 0.25) is 0 Å². The molecule has 0 fully saturated rings. The second-order valence-corrected chi connectivity index (χ2v) is 9.22. The molecule has 0 spiro atoms. The zero-order valence-corrected chi connectivity index (χ0v) is 15.6. The van der Waals surface area contributed by atoms with Crippen molar-refractivity contribution in [3.05, 3.63) is 50.1 Å². The van der Waals surface area contributed by atoms with Crippen LogP contribution in [-0.2, 0) is 10.0 Å². The number of thiophene rings is 1. The Kier molecular flexibility index (Phi) is 4.92. The third kappa shape index (κ3) is 3.39. The van der Waals surface area contributed by atoms with Crippen LogP contribution < -0.4 is 0 Å². The molecule has 0 aliphatic heterocycles. The molecule has 0 saturated heterocycles. The van der Waals surface area contributed by atoms with Crippen molar-refractivity contribution in [1.29, 1.82) is 0 Å². The average Bonchev–Trinajstić information content (AvgIpc) is 2.83. The molecule has 0 saturated carbocycles. The van der Waals surface area contributed by atoms with Crippen molar-refractivity contribution in [2.24, 2.45) is 0 Å². The smallest absolute Gasteiger partial charge is 0.207 e. The number of hydrogen-bond donors (Lipinski definition) is 0. The summed E-state index contributed by atoms with van der Waals surface area (Å²) in [5.74, 6) is 0. The van der Waals surface area contributed by atoms with E-state index < -0.39 is 10.0 Å². The van der Waals surface area contributed by atoms with E-state index in [1.54, 1.807) is 24.5 Å². The maximum Gasteiger partial charge on any atom is 0.244 e. The first kappa shape index (κ1) is 16.7. The van der Waals surface area contributed by atoms with Gasteiger partial charge in [0.1, 0.15) is 0 Å². The summed E-state index contributed by atoms with van der Waals surface area (Å²) in [5, 5.41) is 0. The predicted molar refractivity (Wildman–Crippen MR) is 91.3 cm³/mol. The molecule has 1 unspecified atom stereocenters. The highest BCUT2D eigenvalue weighted by Crippen LogP contribution is 2.32. The minimum absolute atomic E-state index is 0.193. The molecule has 0 radical (unpaired) electrons. The van der Waals surface area contributed by atoms with Gasteiger partial charge in [0.25, 0.3) is 0 Å². The highest BCUT2D eigenvalue weighted by Gasteiger charge is 2.28. The van der Waals surface area contributed by atoms with Crippen LogP contribution in [0.25, 0.3) is 0 Å². The Morgan fingerprint density at radius 3 is 2.38 bits per heavy atom. The van der Waals surface area contributed by atoms with Crippen molar-refractivity contribution in [2.75, 3.05) is 7.05 Å². The van der Waals surface area contributed by atoms with Gasteiger partial charge in [0.2, 0.25) is 10.0 Å². The number of rotatable bonds is 4. The molecule has 1 atom stereocenters. The van der Waals surface area contributed by atoms with Gasteiger partial charge in [-0.3, -0.25) is 0 Å². The van der Waals surface area contributed by atoms with E-state index in [2.05, 4.69) is 15.9 Å². The van der Waals surface area contributed by atoms with Gasteiger partial charge in [-0.2, -0.15) is 4.31 Å². The largest absolute Gasteiger partial charge is 0.244 e. The fourth-order valence-electron chi connectivity index (χ4n) is 2.04. The van der Waals surface area contributed by atoms with Gasteiger partial charge in [-0.25, -0.2) is 8.42 Å². The second kappa shape index (κ2) is 6.20. The lowest BCUT2D eigenvalue weighted by Gasteiger charge is -2.24. The summed E-state index contributed by atoms with van der Waals surface area (Å²) < 4.78 is 27.6. The van der Waals surface area contributed by atoms with Crippen LogP contribution in [0.3, 0.4) is 0 Å². The highest BCUT2D eigenvalue weighted by molar-refractivity contribution is 9.10. The number of nitrogens with zero attached hydrogens (tertiary/aromatic N) is 1. The van der Waals surface area contributed by atoms with E-state index in [-0.39, 0.29) is 6.04 Å². The van der Waals surface area contributed by atoms with Crippen molar-refractivity contribution in [3.63, 3.8) is 0 Å². The van der Waals surface area contributed by atoms with Crippen molar-refractivity contribution >= 4 is 37.3 Å².